The Kier molecular flexibility index (Phi) is 3.63. The summed E-state index contributed by atoms with van der Waals surface area (Å²) in [5.74, 6) is 0.915. The molecule has 0 aliphatic heterocycles. The Bertz CT molecular complexity index is 723. The Labute approximate surface area is 134 Å². The summed E-state index contributed by atoms with van der Waals surface area (Å²) in [4.78, 5) is 16.5. The van der Waals surface area contributed by atoms with Gasteiger partial charge in [-0.1, -0.05) is 18.2 Å². The van der Waals surface area contributed by atoms with Crippen LogP contribution in [0.15, 0.2) is 35.1 Å². The number of aromatic nitrogens is 1. The fraction of sp³-hybridized carbons (Fsp3) is 0.444. The van der Waals surface area contributed by atoms with Crippen molar-refractivity contribution in [1.29, 1.82) is 0 Å². The summed E-state index contributed by atoms with van der Waals surface area (Å²) < 4.78 is 19.3. The molecule has 120 valence electrons. The smallest absolute Gasteiger partial charge is 0.273 e. The van der Waals surface area contributed by atoms with Crippen molar-refractivity contribution < 1.29 is 13.6 Å². The number of hydrogen-bond acceptors (Lipinski definition) is 3. The number of nitrogens with zero attached hydrogens (tertiary/aromatic N) is 1. The minimum absolute atomic E-state index is 0.0656. The number of carbonyl (C=O) groups excluding carboxylic acids is 1. The van der Waals surface area contributed by atoms with Crippen LogP contribution in [0.3, 0.4) is 0 Å². The zero-order valence-corrected chi connectivity index (χ0v) is 12.8. The molecule has 2 aromatic rings. The van der Waals surface area contributed by atoms with Gasteiger partial charge in [0.05, 0.1) is 0 Å². The standard InChI is InChI=1S/C18H19FN2O2/c19-15-4-2-1-3-14(15)12-7-8-13(9-12)21-18(22)16-17(11-5-6-11)23-10-20-16/h1-4,10-13H,5-9H2,(H,21,22)/t12-,13-/m1/s1. The summed E-state index contributed by atoms with van der Waals surface area (Å²) in [6.07, 6.45) is 5.99. The number of benzene rings is 1. The molecule has 0 spiro atoms. The van der Waals surface area contributed by atoms with Crippen molar-refractivity contribution in [2.75, 3.05) is 0 Å². The van der Waals surface area contributed by atoms with Crippen LogP contribution in [0.2, 0.25) is 0 Å². The molecule has 0 bridgehead atoms. The zero-order chi connectivity index (χ0) is 15.8. The van der Waals surface area contributed by atoms with Gasteiger partial charge in [0.1, 0.15) is 11.6 Å². The Hall–Kier alpha value is -2.17. The molecular formula is C18H19FN2O2. The van der Waals surface area contributed by atoms with Crippen LogP contribution in [-0.2, 0) is 0 Å². The molecule has 2 aliphatic carbocycles. The Balaban J connectivity index is 1.41. The predicted octanol–water partition coefficient (Wildman–Crippen LogP) is 3.76. The fourth-order valence-corrected chi connectivity index (χ4v) is 3.52. The summed E-state index contributed by atoms with van der Waals surface area (Å²) in [5.41, 5.74) is 1.17. The lowest BCUT2D eigenvalue weighted by atomic mass is 9.97. The average molecular weight is 314 g/mol. The normalized spacial score (nSPS) is 23.9. The molecule has 1 aromatic heterocycles. The van der Waals surface area contributed by atoms with Gasteiger partial charge in [0.25, 0.3) is 5.91 Å². The molecule has 5 heteroatoms. The van der Waals surface area contributed by atoms with E-state index in [0.717, 1.165) is 37.7 Å². The third-order valence-electron chi connectivity index (χ3n) is 4.87. The van der Waals surface area contributed by atoms with Crippen molar-refractivity contribution >= 4 is 5.91 Å². The molecule has 2 saturated carbocycles. The molecule has 1 amide bonds. The zero-order valence-electron chi connectivity index (χ0n) is 12.8. The third kappa shape index (κ3) is 2.87. The highest BCUT2D eigenvalue weighted by molar-refractivity contribution is 5.93. The van der Waals surface area contributed by atoms with E-state index < -0.39 is 0 Å². The van der Waals surface area contributed by atoms with Crippen molar-refractivity contribution in [3.63, 3.8) is 0 Å². The molecule has 1 heterocycles. The molecule has 23 heavy (non-hydrogen) atoms. The largest absolute Gasteiger partial charge is 0.447 e. The van der Waals surface area contributed by atoms with E-state index in [2.05, 4.69) is 10.3 Å². The van der Waals surface area contributed by atoms with Crippen molar-refractivity contribution in [3.8, 4) is 0 Å². The highest BCUT2D eigenvalue weighted by Gasteiger charge is 2.34. The van der Waals surface area contributed by atoms with Gasteiger partial charge in [0, 0.05) is 12.0 Å². The van der Waals surface area contributed by atoms with Crippen molar-refractivity contribution in [3.05, 3.63) is 53.5 Å². The number of rotatable bonds is 4. The van der Waals surface area contributed by atoms with Crippen LogP contribution < -0.4 is 5.32 Å². The average Bonchev–Trinajstić information content (AvgIpc) is 3.09. The first kappa shape index (κ1) is 14.4. The van der Waals surface area contributed by atoms with Gasteiger partial charge >= 0.3 is 0 Å². The first-order valence-corrected chi connectivity index (χ1v) is 8.21. The van der Waals surface area contributed by atoms with Gasteiger partial charge in [-0.2, -0.15) is 0 Å². The molecular weight excluding hydrogens is 295 g/mol. The van der Waals surface area contributed by atoms with Crippen LogP contribution in [-0.4, -0.2) is 16.9 Å². The molecule has 2 aliphatic rings. The number of carbonyl (C=O) groups is 1. The first-order chi connectivity index (χ1) is 11.2. The summed E-state index contributed by atoms with van der Waals surface area (Å²) in [6, 6.07) is 6.97. The number of amides is 1. The Morgan fingerprint density at radius 2 is 1.96 bits per heavy atom. The number of halogens is 1. The van der Waals surface area contributed by atoms with E-state index >= 15 is 0 Å². The SMILES string of the molecule is O=C(N[C@@H]1CC[C@@H](c2ccccc2F)C1)c1ncoc1C1CC1. The van der Waals surface area contributed by atoms with E-state index in [0.29, 0.717) is 17.4 Å². The number of nitrogens with one attached hydrogen (secondary N) is 1. The van der Waals surface area contributed by atoms with E-state index in [4.69, 9.17) is 4.42 Å². The number of oxazole rings is 1. The summed E-state index contributed by atoms with van der Waals surface area (Å²) in [5, 5.41) is 3.04. The lowest BCUT2D eigenvalue weighted by Crippen LogP contribution is -2.33. The van der Waals surface area contributed by atoms with Crippen LogP contribution in [0.4, 0.5) is 4.39 Å². The second kappa shape index (κ2) is 5.80. The van der Waals surface area contributed by atoms with E-state index in [1.807, 2.05) is 12.1 Å². The molecule has 2 fully saturated rings. The van der Waals surface area contributed by atoms with Crippen molar-refractivity contribution in [1.82, 2.24) is 10.3 Å². The first-order valence-electron chi connectivity index (χ1n) is 8.21. The highest BCUT2D eigenvalue weighted by atomic mass is 19.1. The molecule has 4 rings (SSSR count). The quantitative estimate of drug-likeness (QED) is 0.935. The van der Waals surface area contributed by atoms with Gasteiger partial charge in [0.2, 0.25) is 0 Å². The lowest BCUT2D eigenvalue weighted by molar-refractivity contribution is 0.0931. The molecule has 2 atom stereocenters. The maximum atomic E-state index is 13.9. The van der Waals surface area contributed by atoms with Crippen LogP contribution in [0, 0.1) is 5.82 Å². The van der Waals surface area contributed by atoms with Crippen molar-refractivity contribution in [2.24, 2.45) is 0 Å². The Morgan fingerprint density at radius 1 is 1.17 bits per heavy atom. The molecule has 1 N–H and O–H groups in total. The van der Waals surface area contributed by atoms with Gasteiger partial charge in [-0.3, -0.25) is 4.79 Å². The van der Waals surface area contributed by atoms with E-state index in [-0.39, 0.29) is 23.7 Å². The molecule has 4 nitrogen and oxygen atoms in total. The van der Waals surface area contributed by atoms with Crippen LogP contribution in [0.5, 0.6) is 0 Å². The van der Waals surface area contributed by atoms with E-state index in [1.165, 1.54) is 12.5 Å². The third-order valence-corrected chi connectivity index (χ3v) is 4.87. The molecule has 0 saturated heterocycles. The van der Waals surface area contributed by atoms with E-state index in [9.17, 15) is 9.18 Å². The van der Waals surface area contributed by atoms with Crippen molar-refractivity contribution in [2.45, 2.75) is 50.0 Å². The second-order valence-electron chi connectivity index (χ2n) is 6.54. The summed E-state index contributed by atoms with van der Waals surface area (Å²) >= 11 is 0. The molecule has 0 radical (unpaired) electrons. The van der Waals surface area contributed by atoms with Gasteiger partial charge in [-0.25, -0.2) is 9.37 Å². The predicted molar refractivity (Wildman–Crippen MR) is 82.7 cm³/mol. The van der Waals surface area contributed by atoms with Gasteiger partial charge in [0.15, 0.2) is 12.1 Å². The summed E-state index contributed by atoms with van der Waals surface area (Å²) in [6.45, 7) is 0. The van der Waals surface area contributed by atoms with E-state index in [1.54, 1.807) is 6.07 Å². The van der Waals surface area contributed by atoms with Crippen LogP contribution >= 0.6 is 0 Å². The highest BCUT2D eigenvalue weighted by Crippen LogP contribution is 2.41. The second-order valence-corrected chi connectivity index (χ2v) is 6.54. The minimum Gasteiger partial charge on any atom is -0.447 e. The Morgan fingerprint density at radius 3 is 2.74 bits per heavy atom. The minimum atomic E-state index is -0.167. The molecule has 0 unspecified atom stereocenters. The van der Waals surface area contributed by atoms with Crippen LogP contribution in [0.1, 0.15) is 65.8 Å². The van der Waals surface area contributed by atoms with Crippen LogP contribution in [0.25, 0.3) is 0 Å². The number of hydrogen-bond donors (Lipinski definition) is 1. The maximum absolute atomic E-state index is 13.9. The fourth-order valence-electron chi connectivity index (χ4n) is 3.52. The van der Waals surface area contributed by atoms with Gasteiger partial charge in [-0.05, 0) is 49.7 Å². The monoisotopic (exact) mass is 314 g/mol. The topological polar surface area (TPSA) is 55.1 Å². The van der Waals surface area contributed by atoms with Gasteiger partial charge < -0.3 is 9.73 Å². The van der Waals surface area contributed by atoms with Gasteiger partial charge in [-0.15, -0.1) is 0 Å². The lowest BCUT2D eigenvalue weighted by Gasteiger charge is -2.14. The summed E-state index contributed by atoms with van der Waals surface area (Å²) in [7, 11) is 0. The maximum Gasteiger partial charge on any atom is 0.273 e. The molecule has 1 aromatic carbocycles.